The average molecular weight is 638 g/mol. The Kier molecular flexibility index (Phi) is 10.2. The summed E-state index contributed by atoms with van der Waals surface area (Å²) in [6.45, 7) is 0. The van der Waals surface area contributed by atoms with Crippen molar-refractivity contribution < 1.29 is 31.2 Å². The van der Waals surface area contributed by atoms with Crippen LogP contribution < -0.4 is 18.3 Å². The number of imidazole rings is 1. The van der Waals surface area contributed by atoms with Crippen LogP contribution in [0.2, 0.25) is 5.15 Å². The Morgan fingerprint density at radius 2 is 1.45 bits per heavy atom. The van der Waals surface area contributed by atoms with Crippen LogP contribution in [0.1, 0.15) is 0 Å². The van der Waals surface area contributed by atoms with Gasteiger partial charge in [0.2, 0.25) is 0 Å². The van der Waals surface area contributed by atoms with Gasteiger partial charge in [0.25, 0.3) is 10.0 Å². The molecule has 0 aliphatic rings. The fraction of sp³-hybridized carbons (Fsp3) is 0.0357. The zero-order valence-corrected chi connectivity index (χ0v) is 23.8. The predicted octanol–water partition coefficient (Wildman–Crippen LogP) is 6.24. The van der Waals surface area contributed by atoms with Crippen molar-refractivity contribution in [1.82, 2.24) is 14.0 Å². The molecule has 1 heterocycles. The number of methoxy groups -OCH3 is 1. The van der Waals surface area contributed by atoms with Gasteiger partial charge in [0.05, 0.1) is 17.7 Å². The Balaban J connectivity index is 0.00000405. The van der Waals surface area contributed by atoms with Crippen LogP contribution in [0.15, 0.2) is 114 Å². The standard InChI is InChI=1S/C28H22ClFN3O6PS.Na.H/c1-37-26-17-12-20(18-25(26)30)27-28(29)31-19-33(27)21-13-15-24(16-14-21)41(35,36)32-40(34,38-22-8-4-2-5-9-22)39-23-10-6-3-7-11-23;;/h2-19H,1H3,(H,32,34);;. The molecule has 5 aromatic rings. The maximum absolute atomic E-state index is 14.4. The monoisotopic (exact) mass is 637 g/mol. The molecule has 0 aliphatic carbocycles. The molecule has 0 radical (unpaired) electrons. The third-order valence-corrected chi connectivity index (χ3v) is 9.67. The number of benzene rings is 4. The minimum atomic E-state index is -4.49. The van der Waals surface area contributed by atoms with Crippen molar-refractivity contribution in [2.24, 2.45) is 0 Å². The van der Waals surface area contributed by atoms with Gasteiger partial charge in [-0.15, -0.1) is 0 Å². The first-order chi connectivity index (χ1) is 19.7. The van der Waals surface area contributed by atoms with E-state index in [0.29, 0.717) is 16.9 Å². The van der Waals surface area contributed by atoms with Crippen LogP contribution >= 0.6 is 19.3 Å². The molecule has 1 N–H and O–H groups in total. The first-order valence-electron chi connectivity index (χ1n) is 12.0. The number of nitrogens with one attached hydrogen (secondary N) is 1. The van der Waals surface area contributed by atoms with Gasteiger partial charge in [-0.25, -0.2) is 22.4 Å². The van der Waals surface area contributed by atoms with Gasteiger partial charge in [0, 0.05) is 11.3 Å². The summed E-state index contributed by atoms with van der Waals surface area (Å²) in [6.07, 6.45) is 1.43. The molecule has 0 saturated carbocycles. The molecule has 0 amide bonds. The number of hydrogen-bond donors (Lipinski definition) is 1. The van der Waals surface area contributed by atoms with Crippen LogP contribution in [-0.4, -0.2) is 54.6 Å². The van der Waals surface area contributed by atoms with E-state index in [2.05, 4.69) is 9.48 Å². The number of ether oxygens (including phenoxy) is 1. The number of rotatable bonds is 10. The van der Waals surface area contributed by atoms with Crippen LogP contribution in [0, 0.1) is 5.82 Å². The number of sulfonamides is 1. The normalized spacial score (nSPS) is 11.4. The summed E-state index contributed by atoms with van der Waals surface area (Å²) in [5.74, 6) is -0.224. The second-order valence-electron chi connectivity index (χ2n) is 8.50. The van der Waals surface area contributed by atoms with E-state index in [0.717, 1.165) is 0 Å². The van der Waals surface area contributed by atoms with Crippen LogP contribution in [0.5, 0.6) is 17.2 Å². The molecule has 0 aliphatic heterocycles. The molecule has 9 nitrogen and oxygen atoms in total. The van der Waals surface area contributed by atoms with Crippen molar-refractivity contribution in [1.29, 1.82) is 0 Å². The van der Waals surface area contributed by atoms with Gasteiger partial charge >= 0.3 is 37.3 Å². The van der Waals surface area contributed by atoms with Gasteiger partial charge in [0.15, 0.2) is 16.7 Å². The number of halogens is 2. The second kappa shape index (κ2) is 13.4. The zero-order valence-electron chi connectivity index (χ0n) is 21.3. The molecule has 0 spiro atoms. The molecule has 0 saturated heterocycles. The molecule has 0 unspecified atom stereocenters. The van der Waals surface area contributed by atoms with Crippen molar-refractivity contribution in [2.75, 3.05) is 7.11 Å². The van der Waals surface area contributed by atoms with E-state index in [1.165, 1.54) is 74.1 Å². The molecule has 0 atom stereocenters. The SMILES string of the molecule is COc1ccc(-c2c(Cl)ncn2-c2ccc(S(=O)(=O)NP(=O)(Oc3ccccc3)Oc3ccccc3)cc2)cc1F.[NaH]. The molecule has 4 aromatic carbocycles. The summed E-state index contributed by atoms with van der Waals surface area (Å²) in [6, 6.07) is 26.1. The molecule has 42 heavy (non-hydrogen) atoms. The molecular weight excluding hydrogens is 615 g/mol. The Hall–Kier alpha value is -3.15. The van der Waals surface area contributed by atoms with E-state index in [-0.39, 0.29) is 56.9 Å². The van der Waals surface area contributed by atoms with E-state index < -0.39 is 23.6 Å². The first kappa shape index (κ1) is 31.8. The van der Waals surface area contributed by atoms with Gasteiger partial charge in [-0.1, -0.05) is 52.5 Å². The third-order valence-electron chi connectivity index (χ3n) is 5.74. The van der Waals surface area contributed by atoms with Crippen molar-refractivity contribution in [2.45, 2.75) is 4.90 Å². The van der Waals surface area contributed by atoms with Crippen LogP contribution in [0.25, 0.3) is 16.9 Å². The van der Waals surface area contributed by atoms with Crippen molar-refractivity contribution >= 4 is 58.9 Å². The fourth-order valence-electron chi connectivity index (χ4n) is 3.88. The molecule has 1 aromatic heterocycles. The number of para-hydroxylation sites is 2. The van der Waals surface area contributed by atoms with Gasteiger partial charge in [-0.05, 0) is 66.7 Å². The summed E-state index contributed by atoms with van der Waals surface area (Å²) in [4.78, 5) is 3.91. The van der Waals surface area contributed by atoms with E-state index in [1.807, 2.05) is 0 Å². The topological polar surface area (TPSA) is 109 Å². The predicted molar refractivity (Wildman–Crippen MR) is 160 cm³/mol. The molecule has 212 valence electrons. The van der Waals surface area contributed by atoms with Gasteiger partial charge < -0.3 is 13.8 Å². The van der Waals surface area contributed by atoms with Crippen molar-refractivity contribution in [3.63, 3.8) is 0 Å². The van der Waals surface area contributed by atoms with Crippen LogP contribution in [0.3, 0.4) is 0 Å². The first-order valence-corrected chi connectivity index (χ1v) is 15.4. The fourth-order valence-corrected chi connectivity index (χ4v) is 7.35. The summed E-state index contributed by atoms with van der Waals surface area (Å²) in [7, 11) is -7.54. The number of nitrogens with zero attached hydrogens (tertiary/aromatic N) is 2. The number of hydrogen-bond acceptors (Lipinski definition) is 7. The molecule has 0 bridgehead atoms. The number of aromatic nitrogens is 2. The molecular formula is C28H23ClFN3NaO6PS. The van der Waals surface area contributed by atoms with E-state index in [1.54, 1.807) is 47.0 Å². The third kappa shape index (κ3) is 7.25. The zero-order chi connectivity index (χ0) is 29.0. The van der Waals surface area contributed by atoms with Crippen molar-refractivity contribution in [3.8, 4) is 34.2 Å². The Bertz CT molecular complexity index is 1780. The summed E-state index contributed by atoms with van der Waals surface area (Å²) in [5.41, 5.74) is 1.30. The Labute approximate surface area is 269 Å². The van der Waals surface area contributed by atoms with E-state index in [4.69, 9.17) is 25.4 Å². The minimum absolute atomic E-state index is 0. The quantitative estimate of drug-likeness (QED) is 0.143. The van der Waals surface area contributed by atoms with Gasteiger partial charge in [-0.3, -0.25) is 4.57 Å². The molecule has 5 rings (SSSR count). The van der Waals surface area contributed by atoms with Crippen molar-refractivity contribution in [3.05, 3.63) is 120 Å². The summed E-state index contributed by atoms with van der Waals surface area (Å²) < 4.78 is 74.5. The average Bonchev–Trinajstić information content (AvgIpc) is 3.34. The van der Waals surface area contributed by atoms with Gasteiger partial charge in [-0.2, -0.15) is 0 Å². The van der Waals surface area contributed by atoms with Crippen LogP contribution in [-0.2, 0) is 14.6 Å². The molecule has 0 fully saturated rings. The van der Waals surface area contributed by atoms with Crippen LogP contribution in [0.4, 0.5) is 4.39 Å². The van der Waals surface area contributed by atoms with E-state index >= 15 is 0 Å². The Morgan fingerprint density at radius 3 is 1.98 bits per heavy atom. The molecule has 14 heteroatoms. The Morgan fingerprint density at radius 1 is 0.881 bits per heavy atom. The summed E-state index contributed by atoms with van der Waals surface area (Å²) >= 11 is 6.31. The van der Waals surface area contributed by atoms with Gasteiger partial charge in [0.1, 0.15) is 17.8 Å². The summed E-state index contributed by atoms with van der Waals surface area (Å²) in [5, 5.41) is 0.116. The second-order valence-corrected chi connectivity index (χ2v) is 12.4. The maximum atomic E-state index is 14.4. The van der Waals surface area contributed by atoms with E-state index in [9.17, 15) is 17.4 Å².